The zero-order valence-corrected chi connectivity index (χ0v) is 15.9. The number of nitrogens with one attached hydrogen (secondary N) is 2. The number of carbonyl (C=O) groups is 1. The normalized spacial score (nSPS) is 12.0. The van der Waals surface area contributed by atoms with Crippen LogP contribution in [0.1, 0.15) is 23.6 Å². The highest BCUT2D eigenvalue weighted by molar-refractivity contribution is 8.00. The number of H-pyrrole nitrogens is 1. The minimum atomic E-state index is -0.276. The molecular weight excluding hydrogens is 344 g/mol. The first-order valence-corrected chi connectivity index (χ1v) is 9.38. The van der Waals surface area contributed by atoms with E-state index in [2.05, 4.69) is 20.5 Å². The average molecular weight is 366 g/mol. The van der Waals surface area contributed by atoms with Gasteiger partial charge in [0.1, 0.15) is 0 Å². The molecule has 0 saturated heterocycles. The van der Waals surface area contributed by atoms with Gasteiger partial charge in [0.25, 0.3) is 0 Å². The number of rotatable bonds is 6. The molecule has 0 spiro atoms. The lowest BCUT2D eigenvalue weighted by atomic mass is 10.1. The summed E-state index contributed by atoms with van der Waals surface area (Å²) in [5.41, 5.74) is 4.46. The summed E-state index contributed by atoms with van der Waals surface area (Å²) in [7, 11) is 0. The fourth-order valence-corrected chi connectivity index (χ4v) is 3.14. The van der Waals surface area contributed by atoms with Crippen LogP contribution in [0.4, 0.5) is 0 Å². The SMILES string of the molecule is Cc1ccc(CNC(=O)[C@@H](C)Sc2n[nH]c(-c3ccc(C)cc3)n2)cc1. The molecule has 3 rings (SSSR count). The first-order valence-electron chi connectivity index (χ1n) is 8.50. The van der Waals surface area contributed by atoms with Crippen LogP contribution in [-0.2, 0) is 11.3 Å². The van der Waals surface area contributed by atoms with Crippen LogP contribution < -0.4 is 5.32 Å². The molecule has 5 nitrogen and oxygen atoms in total. The minimum Gasteiger partial charge on any atom is -0.351 e. The topological polar surface area (TPSA) is 70.7 Å². The van der Waals surface area contributed by atoms with Gasteiger partial charge in [0, 0.05) is 12.1 Å². The van der Waals surface area contributed by atoms with Gasteiger partial charge in [-0.2, -0.15) is 0 Å². The van der Waals surface area contributed by atoms with E-state index in [9.17, 15) is 4.79 Å². The lowest BCUT2D eigenvalue weighted by Gasteiger charge is -2.10. The van der Waals surface area contributed by atoms with Crippen molar-refractivity contribution in [3.05, 3.63) is 65.2 Å². The second kappa shape index (κ2) is 8.19. The third-order valence-electron chi connectivity index (χ3n) is 4.03. The second-order valence-electron chi connectivity index (χ2n) is 6.30. The average Bonchev–Trinajstić information content (AvgIpc) is 3.10. The van der Waals surface area contributed by atoms with Crippen LogP contribution in [-0.4, -0.2) is 26.3 Å². The van der Waals surface area contributed by atoms with Gasteiger partial charge in [-0.3, -0.25) is 9.89 Å². The van der Waals surface area contributed by atoms with Gasteiger partial charge < -0.3 is 5.32 Å². The van der Waals surface area contributed by atoms with Gasteiger partial charge in [-0.15, -0.1) is 5.10 Å². The molecule has 1 heterocycles. The fourth-order valence-electron chi connectivity index (χ4n) is 2.39. The number of aryl methyl sites for hydroxylation is 2. The predicted octanol–water partition coefficient (Wildman–Crippen LogP) is 3.89. The molecule has 2 aromatic carbocycles. The highest BCUT2D eigenvalue weighted by Crippen LogP contribution is 2.23. The molecule has 0 aliphatic rings. The number of carbonyl (C=O) groups excluding carboxylic acids is 1. The van der Waals surface area contributed by atoms with E-state index in [1.165, 1.54) is 22.9 Å². The van der Waals surface area contributed by atoms with E-state index >= 15 is 0 Å². The van der Waals surface area contributed by atoms with Crippen molar-refractivity contribution in [3.8, 4) is 11.4 Å². The van der Waals surface area contributed by atoms with E-state index in [0.717, 1.165) is 11.1 Å². The van der Waals surface area contributed by atoms with Crippen molar-refractivity contribution in [2.45, 2.75) is 37.7 Å². The highest BCUT2D eigenvalue weighted by Gasteiger charge is 2.17. The summed E-state index contributed by atoms with van der Waals surface area (Å²) in [4.78, 5) is 16.8. The molecular formula is C20H22N4OS. The molecule has 134 valence electrons. The number of hydrogen-bond acceptors (Lipinski definition) is 4. The summed E-state index contributed by atoms with van der Waals surface area (Å²) >= 11 is 1.34. The van der Waals surface area contributed by atoms with Gasteiger partial charge in [0.15, 0.2) is 5.82 Å². The van der Waals surface area contributed by atoms with Crippen LogP contribution in [0.2, 0.25) is 0 Å². The second-order valence-corrected chi connectivity index (χ2v) is 7.60. The maximum absolute atomic E-state index is 12.3. The summed E-state index contributed by atoms with van der Waals surface area (Å²) in [5, 5.41) is 10.4. The Morgan fingerprint density at radius 1 is 1.08 bits per heavy atom. The largest absolute Gasteiger partial charge is 0.351 e. The lowest BCUT2D eigenvalue weighted by molar-refractivity contribution is -0.120. The molecule has 0 unspecified atom stereocenters. The number of aromatic nitrogens is 3. The van der Waals surface area contributed by atoms with Crippen LogP contribution >= 0.6 is 11.8 Å². The van der Waals surface area contributed by atoms with Gasteiger partial charge in [0.2, 0.25) is 11.1 Å². The zero-order chi connectivity index (χ0) is 18.5. The van der Waals surface area contributed by atoms with E-state index < -0.39 is 0 Å². The summed E-state index contributed by atoms with van der Waals surface area (Å²) in [6.45, 7) is 6.47. The van der Waals surface area contributed by atoms with Gasteiger partial charge >= 0.3 is 0 Å². The van der Waals surface area contributed by atoms with Gasteiger partial charge in [-0.25, -0.2) is 4.98 Å². The third kappa shape index (κ3) is 4.73. The molecule has 0 fully saturated rings. The first kappa shape index (κ1) is 18.2. The summed E-state index contributed by atoms with van der Waals surface area (Å²) < 4.78 is 0. The van der Waals surface area contributed by atoms with E-state index in [1.54, 1.807) is 0 Å². The highest BCUT2D eigenvalue weighted by atomic mass is 32.2. The van der Waals surface area contributed by atoms with Gasteiger partial charge in [-0.1, -0.05) is 71.4 Å². The number of nitrogens with zero attached hydrogens (tertiary/aromatic N) is 2. The monoisotopic (exact) mass is 366 g/mol. The van der Waals surface area contributed by atoms with Crippen molar-refractivity contribution in [2.75, 3.05) is 0 Å². The number of aromatic amines is 1. The van der Waals surface area contributed by atoms with Gasteiger partial charge in [-0.05, 0) is 26.3 Å². The third-order valence-corrected chi connectivity index (χ3v) is 4.99. The van der Waals surface area contributed by atoms with E-state index in [-0.39, 0.29) is 11.2 Å². The summed E-state index contributed by atoms with van der Waals surface area (Å²) in [5.74, 6) is 0.678. The summed E-state index contributed by atoms with van der Waals surface area (Å²) in [6.07, 6.45) is 0. The maximum Gasteiger partial charge on any atom is 0.233 e. The number of thioether (sulfide) groups is 1. The van der Waals surface area contributed by atoms with Gasteiger partial charge in [0.05, 0.1) is 5.25 Å². The zero-order valence-electron chi connectivity index (χ0n) is 15.1. The quantitative estimate of drug-likeness (QED) is 0.650. The van der Waals surface area contributed by atoms with Crippen LogP contribution in [0.3, 0.4) is 0 Å². The Bertz CT molecular complexity index is 872. The molecule has 1 atom stereocenters. The van der Waals surface area contributed by atoms with Crippen molar-refractivity contribution < 1.29 is 4.79 Å². The minimum absolute atomic E-state index is 0.0303. The van der Waals surface area contributed by atoms with Crippen molar-refractivity contribution in [1.82, 2.24) is 20.5 Å². The molecule has 3 aromatic rings. The maximum atomic E-state index is 12.3. The molecule has 0 radical (unpaired) electrons. The van der Waals surface area contributed by atoms with E-state index in [1.807, 2.05) is 69.3 Å². The Labute approximate surface area is 157 Å². The van der Waals surface area contributed by atoms with E-state index in [4.69, 9.17) is 0 Å². The summed E-state index contributed by atoms with van der Waals surface area (Å²) in [6, 6.07) is 16.2. The molecule has 2 N–H and O–H groups in total. The molecule has 0 aliphatic carbocycles. The Morgan fingerprint density at radius 3 is 2.35 bits per heavy atom. The molecule has 6 heteroatoms. The predicted molar refractivity (Wildman–Crippen MR) is 105 cm³/mol. The van der Waals surface area contributed by atoms with Crippen LogP contribution in [0.5, 0.6) is 0 Å². The molecule has 1 amide bonds. The molecule has 0 bridgehead atoms. The molecule has 26 heavy (non-hydrogen) atoms. The Hall–Kier alpha value is -2.60. The van der Waals surface area contributed by atoms with Crippen LogP contribution in [0, 0.1) is 13.8 Å². The molecule has 1 aromatic heterocycles. The number of amides is 1. The lowest BCUT2D eigenvalue weighted by Crippen LogP contribution is -2.30. The Kier molecular flexibility index (Phi) is 5.73. The first-order chi connectivity index (χ1) is 12.5. The van der Waals surface area contributed by atoms with Crippen LogP contribution in [0.15, 0.2) is 53.7 Å². The number of hydrogen-bond donors (Lipinski definition) is 2. The van der Waals surface area contributed by atoms with Crippen molar-refractivity contribution in [2.24, 2.45) is 0 Å². The van der Waals surface area contributed by atoms with Crippen molar-refractivity contribution >= 4 is 17.7 Å². The van der Waals surface area contributed by atoms with E-state index in [0.29, 0.717) is 17.5 Å². The molecule has 0 aliphatic heterocycles. The smallest absolute Gasteiger partial charge is 0.233 e. The van der Waals surface area contributed by atoms with Crippen LogP contribution in [0.25, 0.3) is 11.4 Å². The number of benzene rings is 2. The fraction of sp³-hybridized carbons (Fsp3) is 0.250. The van der Waals surface area contributed by atoms with Crippen molar-refractivity contribution in [3.63, 3.8) is 0 Å². The van der Waals surface area contributed by atoms with Crippen molar-refractivity contribution in [1.29, 1.82) is 0 Å². The molecule has 0 saturated carbocycles. The Morgan fingerprint density at radius 2 is 1.69 bits per heavy atom. The Balaban J connectivity index is 1.55. The standard InChI is InChI=1S/C20H22N4OS/c1-13-4-8-16(9-5-13)12-21-19(25)15(3)26-20-22-18(23-24-20)17-10-6-14(2)7-11-17/h4-11,15H,12H2,1-3H3,(H,21,25)(H,22,23,24)/t15-/m1/s1.